The van der Waals surface area contributed by atoms with E-state index in [4.69, 9.17) is 9.47 Å². The van der Waals surface area contributed by atoms with E-state index in [1.165, 1.54) is 4.90 Å². The van der Waals surface area contributed by atoms with Crippen LogP contribution in [0.4, 0.5) is 13.2 Å². The normalized spacial score (nSPS) is 18.2. The van der Waals surface area contributed by atoms with Crippen molar-refractivity contribution in [2.24, 2.45) is 4.99 Å². The Balaban J connectivity index is 1.89. The van der Waals surface area contributed by atoms with E-state index in [1.807, 2.05) is 25.1 Å². The first-order chi connectivity index (χ1) is 13.3. The summed E-state index contributed by atoms with van der Waals surface area (Å²) in [6, 6.07) is 5.69. The van der Waals surface area contributed by atoms with Gasteiger partial charge < -0.3 is 20.1 Å². The molecule has 1 aromatic carbocycles. The van der Waals surface area contributed by atoms with Crippen molar-refractivity contribution in [3.8, 4) is 11.5 Å². The Morgan fingerprint density at radius 1 is 1.25 bits per heavy atom. The van der Waals surface area contributed by atoms with Crippen molar-refractivity contribution in [3.05, 3.63) is 23.8 Å². The fourth-order valence-electron chi connectivity index (χ4n) is 3.19. The second-order valence-corrected chi connectivity index (χ2v) is 6.68. The zero-order valence-corrected chi connectivity index (χ0v) is 16.6. The van der Waals surface area contributed by atoms with Gasteiger partial charge in [0.15, 0.2) is 17.5 Å². The first-order valence-electron chi connectivity index (χ1n) is 9.39. The van der Waals surface area contributed by atoms with E-state index in [0.717, 1.165) is 5.56 Å². The lowest BCUT2D eigenvalue weighted by Crippen LogP contribution is -2.45. The SMILES string of the molecule is CCNC(=NCCc1ccc(OC)c(OC)c1)NC1CCN(CC(F)(F)F)C1. The van der Waals surface area contributed by atoms with Gasteiger partial charge in [-0.05, 0) is 37.5 Å². The molecule has 0 bridgehead atoms. The van der Waals surface area contributed by atoms with Crippen molar-refractivity contribution in [2.75, 3.05) is 46.9 Å². The predicted octanol–water partition coefficient (Wildman–Crippen LogP) is 2.44. The smallest absolute Gasteiger partial charge is 0.401 e. The number of hydrogen-bond acceptors (Lipinski definition) is 4. The maximum absolute atomic E-state index is 12.5. The topological polar surface area (TPSA) is 58.1 Å². The third-order valence-corrected chi connectivity index (χ3v) is 4.48. The summed E-state index contributed by atoms with van der Waals surface area (Å²) in [5.41, 5.74) is 1.06. The molecule has 1 aliphatic rings. The number of likely N-dealkylation sites (tertiary alicyclic amines) is 1. The van der Waals surface area contributed by atoms with Crippen LogP contribution >= 0.6 is 0 Å². The summed E-state index contributed by atoms with van der Waals surface area (Å²) < 4.78 is 48.1. The van der Waals surface area contributed by atoms with Gasteiger partial charge in [0.25, 0.3) is 0 Å². The molecule has 2 rings (SSSR count). The molecule has 0 radical (unpaired) electrons. The molecule has 1 aliphatic heterocycles. The molecule has 1 heterocycles. The summed E-state index contributed by atoms with van der Waals surface area (Å²) in [6.07, 6.45) is -2.79. The Kier molecular flexibility index (Phi) is 8.22. The van der Waals surface area contributed by atoms with Crippen molar-refractivity contribution in [1.82, 2.24) is 15.5 Å². The molecule has 1 saturated heterocycles. The van der Waals surface area contributed by atoms with Crippen LogP contribution in [-0.4, -0.2) is 70.0 Å². The number of methoxy groups -OCH3 is 2. The van der Waals surface area contributed by atoms with E-state index in [9.17, 15) is 13.2 Å². The summed E-state index contributed by atoms with van der Waals surface area (Å²) >= 11 is 0. The molecule has 6 nitrogen and oxygen atoms in total. The Labute approximate surface area is 164 Å². The van der Waals surface area contributed by atoms with Crippen LogP contribution in [0.1, 0.15) is 18.9 Å². The van der Waals surface area contributed by atoms with E-state index in [2.05, 4.69) is 15.6 Å². The maximum atomic E-state index is 12.5. The van der Waals surface area contributed by atoms with Crippen LogP contribution in [0.25, 0.3) is 0 Å². The lowest BCUT2D eigenvalue weighted by Gasteiger charge is -2.19. The van der Waals surface area contributed by atoms with Gasteiger partial charge in [0.2, 0.25) is 0 Å². The van der Waals surface area contributed by atoms with Crippen molar-refractivity contribution in [2.45, 2.75) is 32.0 Å². The lowest BCUT2D eigenvalue weighted by molar-refractivity contribution is -0.143. The summed E-state index contributed by atoms with van der Waals surface area (Å²) in [4.78, 5) is 5.97. The average Bonchev–Trinajstić information content (AvgIpc) is 3.06. The van der Waals surface area contributed by atoms with Crippen molar-refractivity contribution in [1.29, 1.82) is 0 Å². The minimum absolute atomic E-state index is 0.0405. The van der Waals surface area contributed by atoms with Crippen LogP contribution in [0.5, 0.6) is 11.5 Å². The average molecular weight is 402 g/mol. The van der Waals surface area contributed by atoms with Crippen molar-refractivity contribution < 1.29 is 22.6 Å². The Morgan fingerprint density at radius 3 is 2.64 bits per heavy atom. The number of guanidine groups is 1. The number of hydrogen-bond donors (Lipinski definition) is 2. The molecule has 158 valence electrons. The van der Waals surface area contributed by atoms with Gasteiger partial charge in [0.05, 0.1) is 20.8 Å². The number of aliphatic imine (C=N–C) groups is 1. The monoisotopic (exact) mass is 402 g/mol. The number of nitrogens with one attached hydrogen (secondary N) is 2. The molecule has 0 aliphatic carbocycles. The van der Waals surface area contributed by atoms with Crippen molar-refractivity contribution in [3.63, 3.8) is 0 Å². The molecule has 0 aromatic heterocycles. The fourth-order valence-corrected chi connectivity index (χ4v) is 3.19. The van der Waals surface area contributed by atoms with Gasteiger partial charge in [0.1, 0.15) is 0 Å². The quantitative estimate of drug-likeness (QED) is 0.517. The molecule has 1 fully saturated rings. The number of alkyl halides is 3. The van der Waals surface area contributed by atoms with E-state index in [-0.39, 0.29) is 6.04 Å². The van der Waals surface area contributed by atoms with Crippen molar-refractivity contribution >= 4 is 5.96 Å². The molecular weight excluding hydrogens is 373 g/mol. The molecule has 9 heteroatoms. The van der Waals surface area contributed by atoms with Crippen LogP contribution in [0.3, 0.4) is 0 Å². The van der Waals surface area contributed by atoms with Gasteiger partial charge in [0, 0.05) is 32.2 Å². The number of ether oxygens (including phenoxy) is 2. The first-order valence-corrected chi connectivity index (χ1v) is 9.39. The highest BCUT2D eigenvalue weighted by atomic mass is 19.4. The predicted molar refractivity (Wildman–Crippen MR) is 103 cm³/mol. The molecule has 1 atom stereocenters. The number of benzene rings is 1. The minimum Gasteiger partial charge on any atom is -0.493 e. The lowest BCUT2D eigenvalue weighted by atomic mass is 10.1. The van der Waals surface area contributed by atoms with E-state index < -0.39 is 12.7 Å². The number of halogens is 3. The summed E-state index contributed by atoms with van der Waals surface area (Å²) in [5, 5.41) is 6.40. The largest absolute Gasteiger partial charge is 0.493 e. The second kappa shape index (κ2) is 10.4. The van der Waals surface area contributed by atoms with E-state index >= 15 is 0 Å². The summed E-state index contributed by atoms with van der Waals surface area (Å²) in [7, 11) is 3.19. The van der Waals surface area contributed by atoms with Crippen LogP contribution < -0.4 is 20.1 Å². The first kappa shape index (κ1) is 22.1. The van der Waals surface area contributed by atoms with Crippen LogP contribution in [0.2, 0.25) is 0 Å². The highest BCUT2D eigenvalue weighted by Crippen LogP contribution is 2.27. The number of rotatable bonds is 8. The molecule has 1 aromatic rings. The summed E-state index contributed by atoms with van der Waals surface area (Å²) in [6.45, 7) is 3.11. The van der Waals surface area contributed by atoms with Crippen LogP contribution in [-0.2, 0) is 6.42 Å². The van der Waals surface area contributed by atoms with Gasteiger partial charge in [-0.3, -0.25) is 9.89 Å². The molecule has 0 saturated carbocycles. The van der Waals surface area contributed by atoms with Gasteiger partial charge in [-0.15, -0.1) is 0 Å². The van der Waals surface area contributed by atoms with E-state index in [1.54, 1.807) is 14.2 Å². The Morgan fingerprint density at radius 2 is 2.00 bits per heavy atom. The van der Waals surface area contributed by atoms with E-state index in [0.29, 0.717) is 56.5 Å². The second-order valence-electron chi connectivity index (χ2n) is 6.68. The molecule has 0 spiro atoms. The van der Waals surface area contributed by atoms with Gasteiger partial charge >= 0.3 is 6.18 Å². The highest BCUT2D eigenvalue weighted by molar-refractivity contribution is 5.80. The number of nitrogens with zero attached hydrogens (tertiary/aromatic N) is 2. The molecule has 28 heavy (non-hydrogen) atoms. The molecular formula is C19H29F3N4O2. The van der Waals surface area contributed by atoms with Crippen LogP contribution in [0, 0.1) is 0 Å². The van der Waals surface area contributed by atoms with Gasteiger partial charge in [-0.25, -0.2) is 0 Å². The molecule has 0 amide bonds. The Hall–Kier alpha value is -2.16. The third-order valence-electron chi connectivity index (χ3n) is 4.48. The fraction of sp³-hybridized carbons (Fsp3) is 0.632. The standard InChI is InChI=1S/C19H29F3N4O2/c1-4-23-18(25-15-8-10-26(12-15)13-19(20,21)22)24-9-7-14-5-6-16(27-2)17(11-14)28-3/h5-6,11,15H,4,7-10,12-13H2,1-3H3,(H2,23,24,25). The minimum atomic E-state index is -4.16. The zero-order chi connectivity index (χ0) is 20.6. The zero-order valence-electron chi connectivity index (χ0n) is 16.6. The maximum Gasteiger partial charge on any atom is 0.401 e. The molecule has 1 unspecified atom stereocenters. The Bertz CT molecular complexity index is 653. The molecule has 2 N–H and O–H groups in total. The summed E-state index contributed by atoms with van der Waals surface area (Å²) in [5.74, 6) is 1.97. The van der Waals surface area contributed by atoms with Gasteiger partial charge in [-0.2, -0.15) is 13.2 Å². The highest BCUT2D eigenvalue weighted by Gasteiger charge is 2.34. The third kappa shape index (κ3) is 7.10. The van der Waals surface area contributed by atoms with Crippen LogP contribution in [0.15, 0.2) is 23.2 Å². The van der Waals surface area contributed by atoms with Gasteiger partial charge in [-0.1, -0.05) is 6.07 Å².